The van der Waals surface area contributed by atoms with Gasteiger partial charge in [-0.3, -0.25) is 0 Å². The van der Waals surface area contributed by atoms with Crippen LogP contribution in [0, 0.1) is 22.7 Å². The molecule has 0 saturated heterocycles. The van der Waals surface area contributed by atoms with E-state index in [1.165, 1.54) is 0 Å². The first kappa shape index (κ1) is 16.0. The van der Waals surface area contributed by atoms with Crippen molar-refractivity contribution in [3.8, 4) is 12.1 Å². The summed E-state index contributed by atoms with van der Waals surface area (Å²) in [5, 5.41) is 31.4. The minimum Gasteiger partial charge on any atom is -0.762 e. The molecule has 0 aliphatic carbocycles. The number of rotatable bonds is 3. The van der Waals surface area contributed by atoms with Crippen LogP contribution in [0.15, 0.2) is 83.6 Å². The highest BCUT2D eigenvalue weighted by Crippen LogP contribution is 2.35. The van der Waals surface area contributed by atoms with Crippen molar-refractivity contribution in [3.05, 3.63) is 100 Å². The maximum atomic E-state index is 9.68. The zero-order chi connectivity index (χ0) is 17.6. The zero-order valence-corrected chi connectivity index (χ0v) is 13.3. The van der Waals surface area contributed by atoms with Crippen LogP contribution in [0.25, 0.3) is 11.1 Å². The molecular weight excluding hydrogens is 308 g/mol. The average molecular weight is 321 g/mol. The van der Waals surface area contributed by atoms with Gasteiger partial charge in [-0.1, -0.05) is 60.7 Å². The second-order valence-corrected chi connectivity index (χ2v) is 5.46. The Morgan fingerprint density at radius 2 is 1.60 bits per heavy atom. The number of nitrogens with zero attached hydrogens (tertiary/aromatic N) is 3. The van der Waals surface area contributed by atoms with E-state index < -0.39 is 0 Å². The summed E-state index contributed by atoms with van der Waals surface area (Å²) in [6, 6.07) is 23.3. The van der Waals surface area contributed by atoms with E-state index in [1.807, 2.05) is 78.7 Å². The Bertz CT molecular complexity index is 980. The Balaban J connectivity index is 2.21. The second kappa shape index (κ2) is 7.15. The Hall–Kier alpha value is -3.85. The highest BCUT2D eigenvalue weighted by Gasteiger charge is 2.26. The van der Waals surface area contributed by atoms with Gasteiger partial charge in [-0.25, -0.2) is 5.87 Å². The van der Waals surface area contributed by atoms with Crippen molar-refractivity contribution in [1.29, 1.82) is 10.5 Å². The maximum Gasteiger partial charge on any atom is 0.108 e. The molecular formula is C21H13N4-. The van der Waals surface area contributed by atoms with Crippen LogP contribution in [0.4, 0.5) is 0 Å². The van der Waals surface area contributed by atoms with Gasteiger partial charge in [0.25, 0.3) is 0 Å². The van der Waals surface area contributed by atoms with Gasteiger partial charge in [-0.15, -0.1) is 0 Å². The predicted octanol–water partition coefficient (Wildman–Crippen LogP) is 3.88. The largest absolute Gasteiger partial charge is 0.762 e. The number of nitriles is 2. The Kier molecular flexibility index (Phi) is 4.58. The fraction of sp³-hybridized carbons (Fsp3) is 0.0476. The van der Waals surface area contributed by atoms with Crippen molar-refractivity contribution >= 4 is 11.6 Å². The molecule has 1 N–H and O–H groups in total. The maximum absolute atomic E-state index is 9.68. The van der Waals surface area contributed by atoms with Crippen LogP contribution in [-0.2, 0) is 0 Å². The number of hydrogen-bond acceptors (Lipinski definition) is 3. The molecule has 3 rings (SSSR count). The molecule has 25 heavy (non-hydrogen) atoms. The standard InChI is InChI=1S/C21H13N4/c22-12-17(13-23)21-19(14-24)18(15-7-3-1-4-8-15)11-20(25-21)16-9-5-2-6-10-16/h1-11,18,25H/q-1. The van der Waals surface area contributed by atoms with Crippen LogP contribution < -0.4 is 5.32 Å². The molecule has 1 aliphatic heterocycles. The van der Waals surface area contributed by atoms with Crippen LogP contribution in [0.1, 0.15) is 17.0 Å². The first-order valence-corrected chi connectivity index (χ1v) is 7.69. The van der Waals surface area contributed by atoms with E-state index in [4.69, 9.17) is 0 Å². The molecule has 0 saturated carbocycles. The fourth-order valence-electron chi connectivity index (χ4n) is 2.82. The second-order valence-electron chi connectivity index (χ2n) is 5.46. The lowest BCUT2D eigenvalue weighted by molar-refractivity contribution is 0.925. The molecule has 0 amide bonds. The lowest BCUT2D eigenvalue weighted by Crippen LogP contribution is -2.23. The zero-order valence-electron chi connectivity index (χ0n) is 13.3. The molecule has 0 spiro atoms. The summed E-state index contributed by atoms with van der Waals surface area (Å²) in [5.41, 5.74) is 3.17. The molecule has 1 atom stereocenters. The normalized spacial score (nSPS) is 15.9. The highest BCUT2D eigenvalue weighted by molar-refractivity contribution is 5.80. The minimum absolute atomic E-state index is 0.0981. The van der Waals surface area contributed by atoms with E-state index in [0.717, 1.165) is 16.8 Å². The van der Waals surface area contributed by atoms with Crippen LogP contribution in [0.2, 0.25) is 0 Å². The molecule has 1 aliphatic rings. The molecule has 2 aromatic rings. The summed E-state index contributed by atoms with van der Waals surface area (Å²) in [4.78, 5) is 0. The number of allylic oxidation sites excluding steroid dienone is 3. The van der Waals surface area contributed by atoms with E-state index in [1.54, 1.807) is 0 Å². The van der Waals surface area contributed by atoms with Gasteiger partial charge in [-0.05, 0) is 17.2 Å². The number of dihydropyridines is 1. The van der Waals surface area contributed by atoms with Crippen molar-refractivity contribution in [1.82, 2.24) is 5.32 Å². The Labute approximate surface area is 146 Å². The van der Waals surface area contributed by atoms with Gasteiger partial charge in [0, 0.05) is 11.6 Å². The molecule has 1 heterocycles. The quantitative estimate of drug-likeness (QED) is 0.688. The third kappa shape index (κ3) is 3.12. The predicted molar refractivity (Wildman–Crippen MR) is 96.9 cm³/mol. The number of hydrogen-bond donors (Lipinski definition) is 1. The third-order valence-electron chi connectivity index (χ3n) is 4.01. The van der Waals surface area contributed by atoms with Gasteiger partial charge in [0.05, 0.1) is 22.9 Å². The monoisotopic (exact) mass is 321 g/mol. The van der Waals surface area contributed by atoms with Crippen LogP contribution >= 0.6 is 0 Å². The Morgan fingerprint density at radius 1 is 0.960 bits per heavy atom. The average Bonchev–Trinajstić information content (AvgIpc) is 2.69. The molecule has 118 valence electrons. The molecule has 4 nitrogen and oxygen atoms in total. The van der Waals surface area contributed by atoms with Gasteiger partial charge in [0.2, 0.25) is 0 Å². The molecule has 4 heteroatoms. The molecule has 0 radical (unpaired) electrons. The van der Waals surface area contributed by atoms with Crippen molar-refractivity contribution in [2.45, 2.75) is 5.92 Å². The minimum atomic E-state index is -0.325. The van der Waals surface area contributed by atoms with Crippen molar-refractivity contribution in [2.24, 2.45) is 0 Å². The van der Waals surface area contributed by atoms with E-state index >= 15 is 0 Å². The molecule has 1 unspecified atom stereocenters. The summed E-state index contributed by atoms with van der Waals surface area (Å²) in [5.74, 6) is 1.56. The van der Waals surface area contributed by atoms with Crippen molar-refractivity contribution in [2.75, 3.05) is 0 Å². The summed E-state index contributed by atoms with van der Waals surface area (Å²) < 4.78 is 0. The molecule has 0 fully saturated rings. The van der Waals surface area contributed by atoms with E-state index in [-0.39, 0.29) is 17.2 Å². The number of nitrogens with one attached hydrogen (secondary N) is 1. The number of benzene rings is 2. The van der Waals surface area contributed by atoms with Crippen molar-refractivity contribution < 1.29 is 0 Å². The van der Waals surface area contributed by atoms with E-state index in [9.17, 15) is 15.9 Å². The van der Waals surface area contributed by atoms with Gasteiger partial charge in [0.1, 0.15) is 6.07 Å². The first-order chi connectivity index (χ1) is 12.3. The summed E-state index contributed by atoms with van der Waals surface area (Å²) in [6.07, 6.45) is 1.96. The van der Waals surface area contributed by atoms with Crippen molar-refractivity contribution in [3.63, 3.8) is 0 Å². The van der Waals surface area contributed by atoms with E-state index in [2.05, 4.69) is 11.4 Å². The SMILES string of the molecule is N#CC(=C=[N-])C1=C(C#N)C(c2ccccc2)C=C(c2ccccc2)N1. The Morgan fingerprint density at radius 3 is 2.16 bits per heavy atom. The lowest BCUT2D eigenvalue weighted by Gasteiger charge is -2.26. The summed E-state index contributed by atoms with van der Waals surface area (Å²) in [7, 11) is 0. The first-order valence-electron chi connectivity index (χ1n) is 7.69. The summed E-state index contributed by atoms with van der Waals surface area (Å²) in [6.45, 7) is 0. The molecule has 0 aromatic heterocycles. The lowest BCUT2D eigenvalue weighted by atomic mass is 9.85. The molecule has 2 aromatic carbocycles. The smallest absolute Gasteiger partial charge is 0.108 e. The molecule has 0 bridgehead atoms. The topological polar surface area (TPSA) is 81.9 Å². The van der Waals surface area contributed by atoms with Gasteiger partial charge < -0.3 is 10.7 Å². The summed E-state index contributed by atoms with van der Waals surface area (Å²) >= 11 is 0. The van der Waals surface area contributed by atoms with Gasteiger partial charge in [0.15, 0.2) is 0 Å². The van der Waals surface area contributed by atoms with Crippen LogP contribution in [0.3, 0.4) is 0 Å². The highest BCUT2D eigenvalue weighted by atomic mass is 14.9. The van der Waals surface area contributed by atoms with E-state index in [0.29, 0.717) is 5.57 Å². The van der Waals surface area contributed by atoms with Gasteiger partial charge >= 0.3 is 0 Å². The fourth-order valence-corrected chi connectivity index (χ4v) is 2.82. The van der Waals surface area contributed by atoms with Crippen LogP contribution in [0.5, 0.6) is 0 Å². The van der Waals surface area contributed by atoms with Gasteiger partial charge in [-0.2, -0.15) is 10.5 Å². The van der Waals surface area contributed by atoms with Crippen LogP contribution in [-0.4, -0.2) is 5.87 Å². The third-order valence-corrected chi connectivity index (χ3v) is 4.01.